The molecule has 1 aromatic rings. The topological polar surface area (TPSA) is 24.5 Å². The maximum atomic E-state index is 6.40. The molecule has 20 heavy (non-hydrogen) atoms. The zero-order chi connectivity index (χ0) is 14.4. The van der Waals surface area contributed by atoms with Crippen molar-refractivity contribution >= 4 is 17.3 Å². The molecule has 0 radical (unpaired) electrons. The molecule has 0 atom stereocenters. The highest BCUT2D eigenvalue weighted by molar-refractivity contribution is 6.31. The van der Waals surface area contributed by atoms with Crippen LogP contribution in [0.5, 0.6) is 0 Å². The average Bonchev–Trinajstić information content (AvgIpc) is 2.49. The van der Waals surface area contributed by atoms with Crippen LogP contribution in [-0.4, -0.2) is 32.8 Å². The van der Waals surface area contributed by atoms with Crippen LogP contribution < -0.4 is 10.2 Å². The van der Waals surface area contributed by atoms with E-state index in [2.05, 4.69) is 30.3 Å². The molecule has 1 aliphatic rings. The van der Waals surface area contributed by atoms with Crippen molar-refractivity contribution in [3.05, 3.63) is 28.8 Å². The summed E-state index contributed by atoms with van der Waals surface area (Å²) in [6.45, 7) is 5.74. The normalized spacial score (nSPS) is 16.4. The first-order valence-electron chi connectivity index (χ1n) is 7.52. The van der Waals surface area contributed by atoms with Gasteiger partial charge in [0, 0.05) is 49.1 Å². The van der Waals surface area contributed by atoms with E-state index >= 15 is 0 Å². The van der Waals surface area contributed by atoms with Crippen molar-refractivity contribution in [2.24, 2.45) is 0 Å². The van der Waals surface area contributed by atoms with Crippen LogP contribution in [0.4, 0.5) is 5.69 Å². The third-order valence-corrected chi connectivity index (χ3v) is 4.30. The zero-order valence-electron chi connectivity index (χ0n) is 12.5. The number of hydrogen-bond donors (Lipinski definition) is 1. The van der Waals surface area contributed by atoms with Gasteiger partial charge in [0.15, 0.2) is 0 Å². The Balaban J connectivity index is 2.14. The highest BCUT2D eigenvalue weighted by Crippen LogP contribution is 2.30. The van der Waals surface area contributed by atoms with Crippen molar-refractivity contribution in [1.29, 1.82) is 0 Å². The largest absolute Gasteiger partial charge is 0.381 e. The van der Waals surface area contributed by atoms with Crippen LogP contribution in [0, 0.1) is 0 Å². The predicted octanol–water partition coefficient (Wildman–Crippen LogP) is 3.45. The lowest BCUT2D eigenvalue weighted by Crippen LogP contribution is -2.37. The van der Waals surface area contributed by atoms with Gasteiger partial charge in [0.05, 0.1) is 0 Å². The monoisotopic (exact) mass is 296 g/mol. The van der Waals surface area contributed by atoms with Gasteiger partial charge in [0.2, 0.25) is 0 Å². The highest BCUT2D eigenvalue weighted by atomic mass is 35.5. The Hall–Kier alpha value is -0.770. The van der Waals surface area contributed by atoms with Crippen molar-refractivity contribution in [2.45, 2.75) is 38.8 Å². The predicted molar refractivity (Wildman–Crippen MR) is 85.7 cm³/mol. The third-order valence-electron chi connectivity index (χ3n) is 3.94. The lowest BCUT2D eigenvalue weighted by molar-refractivity contribution is 0.0854. The quantitative estimate of drug-likeness (QED) is 0.814. The van der Waals surface area contributed by atoms with Crippen molar-refractivity contribution in [3.8, 4) is 0 Å². The molecule has 0 unspecified atom stereocenters. The second-order valence-electron chi connectivity index (χ2n) is 5.37. The van der Waals surface area contributed by atoms with E-state index < -0.39 is 0 Å². The lowest BCUT2D eigenvalue weighted by atomic mass is 10.0. The molecule has 0 aliphatic carbocycles. The Morgan fingerprint density at radius 2 is 2.10 bits per heavy atom. The minimum Gasteiger partial charge on any atom is -0.381 e. The van der Waals surface area contributed by atoms with Gasteiger partial charge in [-0.05, 0) is 37.9 Å². The molecule has 0 aromatic heterocycles. The molecule has 2 rings (SSSR count). The number of nitrogens with one attached hydrogen (secondary N) is 1. The maximum Gasteiger partial charge on any atom is 0.0485 e. The highest BCUT2D eigenvalue weighted by Gasteiger charge is 2.21. The van der Waals surface area contributed by atoms with Crippen LogP contribution in [0.2, 0.25) is 5.02 Å². The Bertz CT molecular complexity index is 419. The number of halogens is 1. The van der Waals surface area contributed by atoms with E-state index in [1.54, 1.807) is 0 Å². The minimum atomic E-state index is 0.548. The summed E-state index contributed by atoms with van der Waals surface area (Å²) < 4.78 is 5.45. The van der Waals surface area contributed by atoms with Gasteiger partial charge in [-0.2, -0.15) is 0 Å². The first kappa shape index (κ1) is 15.6. The standard InChI is InChI=1S/C16H25ClN2O/c1-3-9-18-12-14-15(17)5-4-6-16(14)19(2)13-7-10-20-11-8-13/h4-6,13,18H,3,7-12H2,1-2H3. The Morgan fingerprint density at radius 1 is 1.35 bits per heavy atom. The third kappa shape index (κ3) is 3.87. The molecule has 0 bridgehead atoms. The summed E-state index contributed by atoms with van der Waals surface area (Å²) in [5.74, 6) is 0. The Morgan fingerprint density at radius 3 is 2.80 bits per heavy atom. The van der Waals surface area contributed by atoms with Crippen LogP contribution in [0.3, 0.4) is 0 Å². The van der Waals surface area contributed by atoms with Gasteiger partial charge >= 0.3 is 0 Å². The van der Waals surface area contributed by atoms with Gasteiger partial charge in [-0.3, -0.25) is 0 Å². The van der Waals surface area contributed by atoms with Crippen LogP contribution >= 0.6 is 11.6 Å². The summed E-state index contributed by atoms with van der Waals surface area (Å²) >= 11 is 6.40. The van der Waals surface area contributed by atoms with E-state index in [1.807, 2.05) is 12.1 Å². The molecule has 4 heteroatoms. The average molecular weight is 297 g/mol. The number of nitrogens with zero attached hydrogens (tertiary/aromatic N) is 1. The maximum absolute atomic E-state index is 6.40. The van der Waals surface area contributed by atoms with E-state index in [4.69, 9.17) is 16.3 Å². The number of benzene rings is 1. The smallest absolute Gasteiger partial charge is 0.0485 e. The number of hydrogen-bond acceptors (Lipinski definition) is 3. The second-order valence-corrected chi connectivity index (χ2v) is 5.78. The van der Waals surface area contributed by atoms with E-state index in [-0.39, 0.29) is 0 Å². The molecule has 0 amide bonds. The van der Waals surface area contributed by atoms with E-state index in [0.717, 1.165) is 50.6 Å². The van der Waals surface area contributed by atoms with Gasteiger partial charge in [0.25, 0.3) is 0 Å². The van der Waals surface area contributed by atoms with Crippen molar-refractivity contribution in [2.75, 3.05) is 31.7 Å². The van der Waals surface area contributed by atoms with Crippen molar-refractivity contribution < 1.29 is 4.74 Å². The molecule has 0 spiro atoms. The molecule has 3 nitrogen and oxygen atoms in total. The van der Waals surface area contributed by atoms with Crippen molar-refractivity contribution in [3.63, 3.8) is 0 Å². The molecule has 1 aromatic carbocycles. The first-order chi connectivity index (χ1) is 9.74. The first-order valence-corrected chi connectivity index (χ1v) is 7.90. The van der Waals surface area contributed by atoms with E-state index in [0.29, 0.717) is 6.04 Å². The summed E-state index contributed by atoms with van der Waals surface area (Å²) in [7, 11) is 2.17. The zero-order valence-corrected chi connectivity index (χ0v) is 13.2. The van der Waals surface area contributed by atoms with Gasteiger partial charge in [-0.15, -0.1) is 0 Å². The number of ether oxygens (including phenoxy) is 1. The number of rotatable bonds is 6. The molecular weight excluding hydrogens is 272 g/mol. The van der Waals surface area contributed by atoms with Gasteiger partial charge in [0.1, 0.15) is 0 Å². The minimum absolute atomic E-state index is 0.548. The fourth-order valence-electron chi connectivity index (χ4n) is 2.71. The molecule has 0 saturated carbocycles. The summed E-state index contributed by atoms with van der Waals surface area (Å²) in [5.41, 5.74) is 2.45. The van der Waals surface area contributed by atoms with Gasteiger partial charge < -0.3 is 15.0 Å². The molecule has 112 valence electrons. The van der Waals surface area contributed by atoms with Gasteiger partial charge in [-0.1, -0.05) is 24.6 Å². The lowest BCUT2D eigenvalue weighted by Gasteiger charge is -2.34. The molecular formula is C16H25ClN2O. The summed E-state index contributed by atoms with van der Waals surface area (Å²) in [4.78, 5) is 2.37. The Labute approximate surface area is 127 Å². The summed E-state index contributed by atoms with van der Waals surface area (Å²) in [6, 6.07) is 6.74. The van der Waals surface area contributed by atoms with E-state index in [1.165, 1.54) is 11.3 Å². The van der Waals surface area contributed by atoms with Crippen LogP contribution in [0.1, 0.15) is 31.7 Å². The van der Waals surface area contributed by atoms with Crippen molar-refractivity contribution in [1.82, 2.24) is 5.32 Å². The molecule has 1 fully saturated rings. The van der Waals surface area contributed by atoms with Crippen LogP contribution in [0.15, 0.2) is 18.2 Å². The number of anilines is 1. The molecule has 1 N–H and O–H groups in total. The summed E-state index contributed by atoms with van der Waals surface area (Å²) in [6.07, 6.45) is 3.31. The Kier molecular flexibility index (Phi) is 6.14. The SMILES string of the molecule is CCCNCc1c(Cl)cccc1N(C)C1CCOCC1. The molecule has 1 aliphatic heterocycles. The fraction of sp³-hybridized carbons (Fsp3) is 0.625. The second kappa shape index (κ2) is 7.87. The summed E-state index contributed by atoms with van der Waals surface area (Å²) in [5, 5.41) is 4.31. The van der Waals surface area contributed by atoms with Gasteiger partial charge in [-0.25, -0.2) is 0 Å². The molecule has 1 heterocycles. The van der Waals surface area contributed by atoms with Crippen LogP contribution in [-0.2, 0) is 11.3 Å². The van der Waals surface area contributed by atoms with E-state index in [9.17, 15) is 0 Å². The fourth-order valence-corrected chi connectivity index (χ4v) is 2.95. The van der Waals surface area contributed by atoms with Crippen LogP contribution in [0.25, 0.3) is 0 Å². The molecule has 1 saturated heterocycles.